The molecule has 1 atom stereocenters. The summed E-state index contributed by atoms with van der Waals surface area (Å²) >= 11 is 0. The summed E-state index contributed by atoms with van der Waals surface area (Å²) in [4.78, 5) is 0. The molecular formula is C13H19N5O. The van der Waals surface area contributed by atoms with Gasteiger partial charge < -0.3 is 10.5 Å². The molecule has 0 saturated heterocycles. The van der Waals surface area contributed by atoms with Gasteiger partial charge in [-0.15, -0.1) is 5.10 Å². The van der Waals surface area contributed by atoms with E-state index in [1.807, 2.05) is 37.3 Å². The van der Waals surface area contributed by atoms with E-state index < -0.39 is 0 Å². The average Bonchev–Trinajstić information content (AvgIpc) is 2.91. The van der Waals surface area contributed by atoms with Gasteiger partial charge >= 0.3 is 0 Å². The van der Waals surface area contributed by atoms with Gasteiger partial charge in [-0.05, 0) is 35.9 Å². The van der Waals surface area contributed by atoms with Crippen molar-refractivity contribution in [1.82, 2.24) is 20.2 Å². The number of rotatable bonds is 7. The quantitative estimate of drug-likeness (QED) is 0.808. The summed E-state index contributed by atoms with van der Waals surface area (Å²) in [5.74, 6) is 0.724. The third-order valence-corrected chi connectivity index (χ3v) is 2.80. The molecule has 6 heteroatoms. The Morgan fingerprint density at radius 1 is 1.32 bits per heavy atom. The first kappa shape index (κ1) is 13.6. The molecule has 2 N–H and O–H groups in total. The van der Waals surface area contributed by atoms with Crippen molar-refractivity contribution in [2.75, 3.05) is 13.2 Å². The molecule has 6 nitrogen and oxygen atoms in total. The lowest BCUT2D eigenvalue weighted by molar-refractivity contribution is 0.0814. The lowest BCUT2D eigenvalue weighted by atomic mass is 10.1. The van der Waals surface area contributed by atoms with Crippen molar-refractivity contribution in [3.63, 3.8) is 0 Å². The van der Waals surface area contributed by atoms with Gasteiger partial charge in [-0.3, -0.25) is 0 Å². The zero-order valence-corrected chi connectivity index (χ0v) is 11.1. The van der Waals surface area contributed by atoms with Crippen LogP contribution in [0.5, 0.6) is 0 Å². The average molecular weight is 261 g/mol. The summed E-state index contributed by atoms with van der Waals surface area (Å²) in [6, 6.07) is 9.97. The third kappa shape index (κ3) is 3.36. The van der Waals surface area contributed by atoms with Gasteiger partial charge in [0.15, 0.2) is 5.82 Å². The van der Waals surface area contributed by atoms with Crippen LogP contribution < -0.4 is 5.73 Å². The molecule has 1 aromatic carbocycles. The molecule has 0 fully saturated rings. The Labute approximate surface area is 112 Å². The first-order valence-electron chi connectivity index (χ1n) is 6.49. The fourth-order valence-electron chi connectivity index (χ4n) is 1.91. The second kappa shape index (κ2) is 6.96. The minimum absolute atomic E-state index is 0.237. The number of aromatic nitrogens is 4. The van der Waals surface area contributed by atoms with E-state index in [9.17, 15) is 0 Å². The lowest BCUT2D eigenvalue weighted by Gasteiger charge is -2.16. The number of benzene rings is 1. The fourth-order valence-corrected chi connectivity index (χ4v) is 1.91. The normalized spacial score (nSPS) is 12.5. The second-order valence-corrected chi connectivity index (χ2v) is 4.15. The summed E-state index contributed by atoms with van der Waals surface area (Å²) in [5, 5.41) is 11.8. The zero-order valence-electron chi connectivity index (χ0n) is 11.1. The van der Waals surface area contributed by atoms with E-state index in [1.54, 1.807) is 4.68 Å². The predicted molar refractivity (Wildman–Crippen MR) is 71.4 cm³/mol. The SMILES string of the molecule is CCOC(c1ccccc1)c1nnnn1CCCN. The molecule has 0 aliphatic carbocycles. The molecule has 0 bridgehead atoms. The van der Waals surface area contributed by atoms with Crippen molar-refractivity contribution >= 4 is 0 Å². The third-order valence-electron chi connectivity index (χ3n) is 2.80. The van der Waals surface area contributed by atoms with Crippen molar-refractivity contribution in [3.8, 4) is 0 Å². The fraction of sp³-hybridized carbons (Fsp3) is 0.462. The van der Waals surface area contributed by atoms with Crippen LogP contribution in [0.2, 0.25) is 0 Å². The van der Waals surface area contributed by atoms with Crippen molar-refractivity contribution in [2.45, 2.75) is 26.0 Å². The minimum Gasteiger partial charge on any atom is -0.366 e. The van der Waals surface area contributed by atoms with Crippen LogP contribution in [0, 0.1) is 0 Å². The topological polar surface area (TPSA) is 78.9 Å². The maximum atomic E-state index is 5.80. The number of nitrogens with zero attached hydrogens (tertiary/aromatic N) is 4. The first-order valence-corrected chi connectivity index (χ1v) is 6.49. The van der Waals surface area contributed by atoms with E-state index in [-0.39, 0.29) is 6.10 Å². The molecule has 0 aliphatic heterocycles. The minimum atomic E-state index is -0.237. The highest BCUT2D eigenvalue weighted by Crippen LogP contribution is 2.23. The highest BCUT2D eigenvalue weighted by Gasteiger charge is 2.21. The van der Waals surface area contributed by atoms with Gasteiger partial charge in [-0.2, -0.15) is 0 Å². The number of nitrogens with two attached hydrogens (primary N) is 1. The number of aryl methyl sites for hydroxylation is 1. The lowest BCUT2D eigenvalue weighted by Crippen LogP contribution is -2.16. The van der Waals surface area contributed by atoms with Crippen LogP contribution in [0.25, 0.3) is 0 Å². The molecule has 1 unspecified atom stereocenters. The van der Waals surface area contributed by atoms with Crippen LogP contribution in [0.4, 0.5) is 0 Å². The molecule has 0 saturated carbocycles. The van der Waals surface area contributed by atoms with Gasteiger partial charge in [-0.25, -0.2) is 4.68 Å². The first-order chi connectivity index (χ1) is 9.36. The van der Waals surface area contributed by atoms with Crippen LogP contribution in [0.1, 0.15) is 30.8 Å². The largest absolute Gasteiger partial charge is 0.366 e. The molecule has 2 aromatic rings. The van der Waals surface area contributed by atoms with Crippen molar-refractivity contribution in [3.05, 3.63) is 41.7 Å². The van der Waals surface area contributed by atoms with Gasteiger partial charge in [0, 0.05) is 13.2 Å². The van der Waals surface area contributed by atoms with Crippen LogP contribution in [-0.4, -0.2) is 33.4 Å². The Morgan fingerprint density at radius 3 is 2.79 bits per heavy atom. The Kier molecular flexibility index (Phi) is 5.00. The predicted octanol–water partition coefficient (Wildman–Crippen LogP) is 1.15. The van der Waals surface area contributed by atoms with Crippen LogP contribution in [0.15, 0.2) is 30.3 Å². The maximum absolute atomic E-state index is 5.80. The van der Waals surface area contributed by atoms with Gasteiger partial charge in [0.05, 0.1) is 0 Å². The molecule has 19 heavy (non-hydrogen) atoms. The van der Waals surface area contributed by atoms with E-state index in [0.29, 0.717) is 19.7 Å². The van der Waals surface area contributed by atoms with E-state index in [2.05, 4.69) is 15.5 Å². The smallest absolute Gasteiger partial charge is 0.184 e. The Morgan fingerprint density at radius 2 is 2.11 bits per heavy atom. The number of tetrazole rings is 1. The monoisotopic (exact) mass is 261 g/mol. The highest BCUT2D eigenvalue weighted by molar-refractivity contribution is 5.22. The zero-order chi connectivity index (χ0) is 13.5. The van der Waals surface area contributed by atoms with Crippen molar-refractivity contribution in [2.24, 2.45) is 5.73 Å². The molecule has 102 valence electrons. The summed E-state index contributed by atoms with van der Waals surface area (Å²) in [5.41, 5.74) is 6.58. The van der Waals surface area contributed by atoms with E-state index in [1.165, 1.54) is 0 Å². The number of ether oxygens (including phenoxy) is 1. The molecule has 2 rings (SSSR count). The summed E-state index contributed by atoms with van der Waals surface area (Å²) in [7, 11) is 0. The second-order valence-electron chi connectivity index (χ2n) is 4.15. The molecule has 0 spiro atoms. The van der Waals surface area contributed by atoms with Gasteiger partial charge in [-0.1, -0.05) is 30.3 Å². The van der Waals surface area contributed by atoms with Crippen LogP contribution in [-0.2, 0) is 11.3 Å². The molecule has 0 radical (unpaired) electrons. The van der Waals surface area contributed by atoms with E-state index >= 15 is 0 Å². The van der Waals surface area contributed by atoms with E-state index in [4.69, 9.17) is 10.5 Å². The summed E-state index contributed by atoms with van der Waals surface area (Å²) in [6.45, 7) is 3.88. The Hall–Kier alpha value is -1.79. The molecule has 0 amide bonds. The van der Waals surface area contributed by atoms with E-state index in [0.717, 1.165) is 17.8 Å². The molecule has 1 heterocycles. The summed E-state index contributed by atoms with van der Waals surface area (Å²) < 4.78 is 7.56. The van der Waals surface area contributed by atoms with Crippen molar-refractivity contribution < 1.29 is 4.74 Å². The van der Waals surface area contributed by atoms with Crippen LogP contribution >= 0.6 is 0 Å². The van der Waals surface area contributed by atoms with Crippen molar-refractivity contribution in [1.29, 1.82) is 0 Å². The highest BCUT2D eigenvalue weighted by atomic mass is 16.5. The van der Waals surface area contributed by atoms with Gasteiger partial charge in [0.25, 0.3) is 0 Å². The van der Waals surface area contributed by atoms with Crippen LogP contribution in [0.3, 0.4) is 0 Å². The Bertz CT molecular complexity index is 485. The number of hydrogen-bond acceptors (Lipinski definition) is 5. The standard InChI is InChI=1S/C13H19N5O/c1-2-19-12(11-7-4-3-5-8-11)13-15-16-17-18(13)10-6-9-14/h3-5,7-8,12H,2,6,9-10,14H2,1H3. The number of hydrogen-bond donors (Lipinski definition) is 1. The molecular weight excluding hydrogens is 242 g/mol. The summed E-state index contributed by atoms with van der Waals surface area (Å²) in [6.07, 6.45) is 0.602. The maximum Gasteiger partial charge on any atom is 0.184 e. The Balaban J connectivity index is 2.26. The molecule has 0 aliphatic rings. The van der Waals surface area contributed by atoms with Gasteiger partial charge in [0.1, 0.15) is 6.10 Å². The molecule has 1 aromatic heterocycles. The van der Waals surface area contributed by atoms with Gasteiger partial charge in [0.2, 0.25) is 0 Å².